The minimum atomic E-state index is 0.172. The van der Waals surface area contributed by atoms with Gasteiger partial charge in [-0.2, -0.15) is 4.98 Å². The number of methoxy groups -OCH3 is 1. The molecule has 0 unspecified atom stereocenters. The van der Waals surface area contributed by atoms with Gasteiger partial charge >= 0.3 is 0 Å². The molecule has 0 N–H and O–H groups in total. The lowest BCUT2D eigenvalue weighted by Crippen LogP contribution is -2.18. The Balaban J connectivity index is 2.25. The largest absolute Gasteiger partial charge is 0.496 e. The van der Waals surface area contributed by atoms with Gasteiger partial charge in [0.05, 0.1) is 13.3 Å². The molecule has 100 valence electrons. The van der Waals surface area contributed by atoms with Gasteiger partial charge in [-0.15, -0.1) is 0 Å². The molecule has 0 aliphatic rings. The summed E-state index contributed by atoms with van der Waals surface area (Å²) in [5, 5.41) is 0.632. The molecule has 1 aromatic heterocycles. The number of benzene rings is 1. The van der Waals surface area contributed by atoms with Crippen LogP contribution in [0, 0.1) is 0 Å². The van der Waals surface area contributed by atoms with Gasteiger partial charge in [0.15, 0.2) is 5.82 Å². The summed E-state index contributed by atoms with van der Waals surface area (Å²) in [7, 11) is 3.53. The highest BCUT2D eigenvalue weighted by molar-refractivity contribution is 6.33. The molecule has 2 aromatic rings. The van der Waals surface area contributed by atoms with Crippen molar-refractivity contribution in [1.29, 1.82) is 0 Å². The third-order valence-electron chi connectivity index (χ3n) is 2.66. The zero-order valence-corrected chi connectivity index (χ0v) is 12.1. The van der Waals surface area contributed by atoms with E-state index in [2.05, 4.69) is 9.97 Å². The minimum Gasteiger partial charge on any atom is -0.496 e. The van der Waals surface area contributed by atoms with Gasteiger partial charge in [0.25, 0.3) is 0 Å². The normalized spacial score (nSPS) is 10.3. The van der Waals surface area contributed by atoms with Gasteiger partial charge in [0.2, 0.25) is 5.28 Å². The van der Waals surface area contributed by atoms with Gasteiger partial charge in [-0.1, -0.05) is 29.8 Å². The lowest BCUT2D eigenvalue weighted by molar-refractivity contribution is 0.409. The third-order valence-corrected chi connectivity index (χ3v) is 3.11. The van der Waals surface area contributed by atoms with Crippen LogP contribution in [-0.2, 0) is 6.54 Å². The zero-order valence-electron chi connectivity index (χ0n) is 10.6. The van der Waals surface area contributed by atoms with Crippen LogP contribution in [0.25, 0.3) is 0 Å². The van der Waals surface area contributed by atoms with Crippen LogP contribution in [0.5, 0.6) is 5.75 Å². The van der Waals surface area contributed by atoms with Crippen molar-refractivity contribution in [2.75, 3.05) is 19.1 Å². The van der Waals surface area contributed by atoms with Crippen molar-refractivity contribution >= 4 is 29.0 Å². The van der Waals surface area contributed by atoms with Gasteiger partial charge < -0.3 is 9.64 Å². The highest BCUT2D eigenvalue weighted by Crippen LogP contribution is 2.26. The number of halogens is 2. The molecule has 0 fully saturated rings. The first-order chi connectivity index (χ1) is 9.11. The molecule has 0 aliphatic heterocycles. The molecule has 2 rings (SSSR count). The second-order valence-electron chi connectivity index (χ2n) is 3.98. The minimum absolute atomic E-state index is 0.172. The van der Waals surface area contributed by atoms with E-state index >= 15 is 0 Å². The standard InChI is InChI=1S/C13H13Cl2N3O/c1-18(12-10(14)7-16-13(15)17-12)8-9-5-3-4-6-11(9)19-2/h3-7H,8H2,1-2H3. The lowest BCUT2D eigenvalue weighted by Gasteiger charge is -2.20. The third kappa shape index (κ3) is 3.28. The van der Waals surface area contributed by atoms with E-state index in [-0.39, 0.29) is 5.28 Å². The van der Waals surface area contributed by atoms with Crippen LogP contribution in [-0.4, -0.2) is 24.1 Å². The first-order valence-corrected chi connectivity index (χ1v) is 6.38. The predicted octanol–water partition coefficient (Wildman–Crippen LogP) is 3.43. The number of anilines is 1. The van der Waals surface area contributed by atoms with Gasteiger partial charge in [-0.3, -0.25) is 0 Å². The van der Waals surface area contributed by atoms with Crippen molar-refractivity contribution in [3.63, 3.8) is 0 Å². The summed E-state index contributed by atoms with van der Waals surface area (Å²) < 4.78 is 5.32. The summed E-state index contributed by atoms with van der Waals surface area (Å²) in [6, 6.07) is 7.79. The molecule has 0 atom stereocenters. The summed E-state index contributed by atoms with van der Waals surface area (Å²) >= 11 is 11.9. The molecule has 0 aliphatic carbocycles. The fourth-order valence-electron chi connectivity index (χ4n) is 1.77. The first-order valence-electron chi connectivity index (χ1n) is 5.63. The van der Waals surface area contributed by atoms with Crippen LogP contribution < -0.4 is 9.64 Å². The van der Waals surface area contributed by atoms with E-state index in [0.717, 1.165) is 11.3 Å². The zero-order chi connectivity index (χ0) is 13.8. The monoisotopic (exact) mass is 297 g/mol. The van der Waals surface area contributed by atoms with Crippen LogP contribution in [0.15, 0.2) is 30.5 Å². The van der Waals surface area contributed by atoms with Gasteiger partial charge in [-0.25, -0.2) is 4.98 Å². The highest BCUT2D eigenvalue weighted by Gasteiger charge is 2.12. The second kappa shape index (κ2) is 6.08. The summed E-state index contributed by atoms with van der Waals surface area (Å²) in [5.41, 5.74) is 1.04. The Bertz CT molecular complexity index is 578. The van der Waals surface area contributed by atoms with Crippen molar-refractivity contribution in [3.8, 4) is 5.75 Å². The maximum atomic E-state index is 6.07. The second-order valence-corrected chi connectivity index (χ2v) is 4.72. The number of nitrogens with zero attached hydrogens (tertiary/aromatic N) is 3. The summed E-state index contributed by atoms with van der Waals surface area (Å²) in [6.45, 7) is 0.608. The van der Waals surface area contributed by atoms with Crippen LogP contribution in [0.1, 0.15) is 5.56 Å². The van der Waals surface area contributed by atoms with Crippen molar-refractivity contribution in [2.45, 2.75) is 6.54 Å². The molecule has 0 bridgehead atoms. The number of para-hydroxylation sites is 1. The molecule has 0 radical (unpaired) electrons. The van der Waals surface area contributed by atoms with E-state index in [0.29, 0.717) is 17.4 Å². The number of ether oxygens (including phenoxy) is 1. The molecule has 19 heavy (non-hydrogen) atoms. The Morgan fingerprint density at radius 3 is 2.74 bits per heavy atom. The van der Waals surface area contributed by atoms with Crippen molar-refractivity contribution in [2.24, 2.45) is 0 Å². The van der Waals surface area contributed by atoms with Crippen LogP contribution >= 0.6 is 23.2 Å². The Labute approximate surface area is 122 Å². The predicted molar refractivity (Wildman–Crippen MR) is 77.2 cm³/mol. The maximum absolute atomic E-state index is 6.07. The molecule has 1 aromatic carbocycles. The molecule has 4 nitrogen and oxygen atoms in total. The molecule has 6 heteroatoms. The fraction of sp³-hybridized carbons (Fsp3) is 0.231. The molecule has 0 saturated carbocycles. The van der Waals surface area contributed by atoms with Gasteiger partial charge in [0, 0.05) is 19.2 Å². The van der Waals surface area contributed by atoms with E-state index in [1.165, 1.54) is 6.20 Å². The van der Waals surface area contributed by atoms with E-state index < -0.39 is 0 Å². The fourth-order valence-corrected chi connectivity index (χ4v) is 2.13. The molecule has 0 spiro atoms. The van der Waals surface area contributed by atoms with Crippen LogP contribution in [0.4, 0.5) is 5.82 Å². The summed E-state index contributed by atoms with van der Waals surface area (Å²) in [6.07, 6.45) is 1.49. The SMILES string of the molecule is COc1ccccc1CN(C)c1nc(Cl)ncc1Cl. The van der Waals surface area contributed by atoms with E-state index in [1.807, 2.05) is 36.2 Å². The van der Waals surface area contributed by atoms with Crippen molar-refractivity contribution in [3.05, 3.63) is 46.3 Å². The van der Waals surface area contributed by atoms with E-state index in [9.17, 15) is 0 Å². The lowest BCUT2D eigenvalue weighted by atomic mass is 10.2. The maximum Gasteiger partial charge on any atom is 0.224 e. The Morgan fingerprint density at radius 1 is 1.26 bits per heavy atom. The summed E-state index contributed by atoms with van der Waals surface area (Å²) in [5.74, 6) is 1.41. The number of rotatable bonds is 4. The number of aromatic nitrogens is 2. The number of hydrogen-bond acceptors (Lipinski definition) is 4. The first kappa shape index (κ1) is 13.9. The Kier molecular flexibility index (Phi) is 4.45. The van der Waals surface area contributed by atoms with Gasteiger partial charge in [-0.05, 0) is 17.7 Å². The van der Waals surface area contributed by atoms with Crippen LogP contribution in [0.2, 0.25) is 10.3 Å². The Hall–Kier alpha value is -1.52. The van der Waals surface area contributed by atoms with Crippen molar-refractivity contribution < 1.29 is 4.74 Å². The van der Waals surface area contributed by atoms with E-state index in [1.54, 1.807) is 7.11 Å². The van der Waals surface area contributed by atoms with E-state index in [4.69, 9.17) is 27.9 Å². The highest BCUT2D eigenvalue weighted by atomic mass is 35.5. The quantitative estimate of drug-likeness (QED) is 0.811. The topological polar surface area (TPSA) is 38.2 Å². The molecule has 0 saturated heterocycles. The average molecular weight is 298 g/mol. The Morgan fingerprint density at radius 2 is 2.00 bits per heavy atom. The van der Waals surface area contributed by atoms with Gasteiger partial charge in [0.1, 0.15) is 10.8 Å². The van der Waals surface area contributed by atoms with Crippen molar-refractivity contribution in [1.82, 2.24) is 9.97 Å². The number of hydrogen-bond donors (Lipinski definition) is 0. The average Bonchev–Trinajstić information content (AvgIpc) is 2.42. The molecule has 1 heterocycles. The molecular weight excluding hydrogens is 285 g/mol. The molecule has 0 amide bonds. The smallest absolute Gasteiger partial charge is 0.224 e. The summed E-state index contributed by atoms with van der Waals surface area (Å²) in [4.78, 5) is 9.86. The van der Waals surface area contributed by atoms with Crippen LogP contribution in [0.3, 0.4) is 0 Å². The molecular formula is C13H13Cl2N3O.